The van der Waals surface area contributed by atoms with Gasteiger partial charge in [0.2, 0.25) is 11.9 Å². The maximum Gasteiger partial charge on any atom is 0.270 e. The van der Waals surface area contributed by atoms with Crippen molar-refractivity contribution in [1.82, 2.24) is 15.3 Å². The third kappa shape index (κ3) is 4.29. The Hall–Kier alpha value is -2.71. The second kappa shape index (κ2) is 9.03. The van der Waals surface area contributed by atoms with Crippen LogP contribution in [0.1, 0.15) is 31.2 Å². The first kappa shape index (κ1) is 21.2. The summed E-state index contributed by atoms with van der Waals surface area (Å²) in [7, 11) is 0. The molecule has 0 bridgehead atoms. The van der Waals surface area contributed by atoms with Crippen LogP contribution in [0.3, 0.4) is 0 Å². The topological polar surface area (TPSA) is 87.3 Å². The fourth-order valence-corrected chi connectivity index (χ4v) is 5.51. The lowest BCUT2D eigenvalue weighted by Gasteiger charge is -2.31. The lowest BCUT2D eigenvalue weighted by molar-refractivity contribution is -0.126. The zero-order chi connectivity index (χ0) is 22.1. The Balaban J connectivity index is 1.29. The number of fused-ring (bicyclic) bond motifs is 1. The summed E-state index contributed by atoms with van der Waals surface area (Å²) in [6, 6.07) is 8.25. The third-order valence-electron chi connectivity index (χ3n) is 6.44. The van der Waals surface area contributed by atoms with Crippen LogP contribution in [0.25, 0.3) is 21.3 Å². The number of rotatable bonds is 5. The fraction of sp³-hybridized carbons (Fsp3) is 0.458. The molecule has 3 aromatic rings. The Morgan fingerprint density at radius 2 is 2.16 bits per heavy atom. The van der Waals surface area contributed by atoms with Crippen molar-refractivity contribution in [2.24, 2.45) is 5.92 Å². The van der Waals surface area contributed by atoms with Gasteiger partial charge in [-0.1, -0.05) is 29.8 Å². The first-order chi connectivity index (χ1) is 15.6. The highest BCUT2D eigenvalue weighted by Gasteiger charge is 2.27. The molecule has 0 saturated carbocycles. The van der Waals surface area contributed by atoms with Gasteiger partial charge < -0.3 is 15.0 Å². The number of benzene rings is 1. The van der Waals surface area contributed by atoms with Crippen LogP contribution in [0.4, 0.5) is 5.95 Å². The Morgan fingerprint density at radius 3 is 2.91 bits per heavy atom. The Kier molecular flexibility index (Phi) is 5.97. The van der Waals surface area contributed by atoms with Crippen molar-refractivity contribution in [2.45, 2.75) is 38.7 Å². The number of aromatic amines is 1. The Morgan fingerprint density at radius 1 is 1.31 bits per heavy atom. The largest absolute Gasteiger partial charge is 0.376 e. The van der Waals surface area contributed by atoms with E-state index in [0.717, 1.165) is 48.9 Å². The lowest BCUT2D eigenvalue weighted by Crippen LogP contribution is -2.43. The summed E-state index contributed by atoms with van der Waals surface area (Å²) in [5.41, 5.74) is 3.87. The Labute approximate surface area is 190 Å². The number of amides is 1. The molecular weight excluding hydrogens is 424 g/mol. The number of hydrogen-bond donors (Lipinski definition) is 2. The second-order valence-corrected chi connectivity index (χ2v) is 9.61. The number of hydrogen-bond acceptors (Lipinski definition) is 6. The van der Waals surface area contributed by atoms with Crippen LogP contribution in [0.2, 0.25) is 0 Å². The molecule has 2 fully saturated rings. The van der Waals surface area contributed by atoms with Crippen LogP contribution in [-0.2, 0) is 9.53 Å². The van der Waals surface area contributed by atoms with E-state index in [9.17, 15) is 9.59 Å². The van der Waals surface area contributed by atoms with Crippen molar-refractivity contribution < 1.29 is 9.53 Å². The monoisotopic (exact) mass is 452 g/mol. The van der Waals surface area contributed by atoms with Crippen LogP contribution in [0.15, 0.2) is 34.4 Å². The molecule has 4 heterocycles. The first-order valence-electron chi connectivity index (χ1n) is 11.3. The predicted molar refractivity (Wildman–Crippen MR) is 127 cm³/mol. The number of carbonyl (C=O) groups excluding carboxylic acids is 1. The van der Waals surface area contributed by atoms with Crippen molar-refractivity contribution in [3.8, 4) is 11.1 Å². The number of nitrogens with one attached hydrogen (secondary N) is 2. The highest BCUT2D eigenvalue weighted by Crippen LogP contribution is 2.32. The second-order valence-electron chi connectivity index (χ2n) is 8.73. The molecule has 5 rings (SSSR count). The first-order valence-corrected chi connectivity index (χ1v) is 12.2. The number of ether oxygens (including phenoxy) is 1. The predicted octanol–water partition coefficient (Wildman–Crippen LogP) is 3.47. The van der Waals surface area contributed by atoms with E-state index >= 15 is 0 Å². The van der Waals surface area contributed by atoms with Gasteiger partial charge in [-0.15, -0.1) is 11.3 Å². The number of thiophene rings is 1. The van der Waals surface area contributed by atoms with Crippen LogP contribution in [0.5, 0.6) is 0 Å². The van der Waals surface area contributed by atoms with E-state index in [1.807, 2.05) is 11.4 Å². The summed E-state index contributed by atoms with van der Waals surface area (Å²) < 4.78 is 6.24. The van der Waals surface area contributed by atoms with Gasteiger partial charge in [0, 0.05) is 43.1 Å². The molecule has 2 aromatic heterocycles. The number of piperidine rings is 1. The molecule has 32 heavy (non-hydrogen) atoms. The number of H-pyrrole nitrogens is 1. The molecule has 8 heteroatoms. The molecule has 1 amide bonds. The minimum Gasteiger partial charge on any atom is -0.376 e. The molecule has 1 atom stereocenters. The van der Waals surface area contributed by atoms with Gasteiger partial charge in [-0.25, -0.2) is 4.98 Å². The summed E-state index contributed by atoms with van der Waals surface area (Å²) in [4.78, 5) is 35.2. The molecule has 0 spiro atoms. The molecule has 168 valence electrons. The molecule has 0 aliphatic carbocycles. The summed E-state index contributed by atoms with van der Waals surface area (Å²) >= 11 is 1.43. The molecule has 2 N–H and O–H groups in total. The van der Waals surface area contributed by atoms with Gasteiger partial charge in [-0.05, 0) is 38.2 Å². The fourth-order valence-electron chi connectivity index (χ4n) is 4.60. The van der Waals surface area contributed by atoms with E-state index in [2.05, 4.69) is 40.3 Å². The van der Waals surface area contributed by atoms with Gasteiger partial charge in [0.1, 0.15) is 4.70 Å². The van der Waals surface area contributed by atoms with Crippen molar-refractivity contribution >= 4 is 33.4 Å². The smallest absolute Gasteiger partial charge is 0.270 e. The van der Waals surface area contributed by atoms with E-state index in [0.29, 0.717) is 30.3 Å². The van der Waals surface area contributed by atoms with Crippen LogP contribution in [0, 0.1) is 12.8 Å². The number of aromatic nitrogens is 2. The van der Waals surface area contributed by atoms with Crippen molar-refractivity contribution in [3.05, 3.63) is 45.6 Å². The molecular formula is C24H28N4O3S. The van der Waals surface area contributed by atoms with E-state index in [1.54, 1.807) is 0 Å². The average Bonchev–Trinajstić information content (AvgIpc) is 3.48. The molecule has 2 aliphatic heterocycles. The van der Waals surface area contributed by atoms with E-state index in [4.69, 9.17) is 9.72 Å². The van der Waals surface area contributed by atoms with E-state index in [1.165, 1.54) is 16.9 Å². The zero-order valence-corrected chi connectivity index (χ0v) is 19.0. The number of nitrogens with zero attached hydrogens (tertiary/aromatic N) is 2. The standard InChI is InChI=1S/C24H28N4O3S/c1-15-4-2-5-17(12-15)19-14-32-21-20(19)26-24(27-23(21)30)28-9-7-16(8-10-28)22(29)25-13-18-6-3-11-31-18/h2,4-5,12,14,16,18H,3,6-11,13H2,1H3,(H,25,29)(H,26,27,30)/t18-/m0/s1. The van der Waals surface area contributed by atoms with E-state index < -0.39 is 0 Å². The van der Waals surface area contributed by atoms with Crippen LogP contribution < -0.4 is 15.8 Å². The lowest BCUT2D eigenvalue weighted by atomic mass is 9.96. The molecule has 2 saturated heterocycles. The van der Waals surface area contributed by atoms with Gasteiger partial charge in [-0.3, -0.25) is 14.6 Å². The molecule has 0 radical (unpaired) electrons. The van der Waals surface area contributed by atoms with Crippen LogP contribution in [-0.4, -0.2) is 48.2 Å². The minimum atomic E-state index is -0.106. The van der Waals surface area contributed by atoms with Crippen molar-refractivity contribution in [1.29, 1.82) is 0 Å². The SMILES string of the molecule is Cc1cccc(-c2csc3c(=O)[nH]c(N4CCC(C(=O)NC[C@@H]5CCCO5)CC4)nc23)c1. The summed E-state index contributed by atoms with van der Waals surface area (Å²) in [5.74, 6) is 0.691. The van der Waals surface area contributed by atoms with Gasteiger partial charge in [0.05, 0.1) is 11.6 Å². The van der Waals surface area contributed by atoms with Crippen molar-refractivity contribution in [2.75, 3.05) is 31.1 Å². The quantitative estimate of drug-likeness (QED) is 0.619. The van der Waals surface area contributed by atoms with Gasteiger partial charge in [0.15, 0.2) is 0 Å². The maximum absolute atomic E-state index is 12.7. The molecule has 2 aliphatic rings. The number of carbonyl (C=O) groups is 1. The number of anilines is 1. The summed E-state index contributed by atoms with van der Waals surface area (Å²) in [6.45, 7) is 4.84. The maximum atomic E-state index is 12.7. The number of aryl methyl sites for hydroxylation is 1. The zero-order valence-electron chi connectivity index (χ0n) is 18.2. The summed E-state index contributed by atoms with van der Waals surface area (Å²) in [5, 5.41) is 5.06. The normalized spacial score (nSPS) is 19.5. The van der Waals surface area contributed by atoms with Gasteiger partial charge in [0.25, 0.3) is 5.56 Å². The van der Waals surface area contributed by atoms with Crippen LogP contribution >= 0.6 is 11.3 Å². The molecule has 1 aromatic carbocycles. The third-order valence-corrected chi connectivity index (χ3v) is 7.40. The Bertz CT molecular complexity index is 1170. The van der Waals surface area contributed by atoms with Crippen molar-refractivity contribution in [3.63, 3.8) is 0 Å². The average molecular weight is 453 g/mol. The summed E-state index contributed by atoms with van der Waals surface area (Å²) in [6.07, 6.45) is 3.74. The van der Waals surface area contributed by atoms with E-state index in [-0.39, 0.29) is 23.5 Å². The molecule has 0 unspecified atom stereocenters. The highest BCUT2D eigenvalue weighted by molar-refractivity contribution is 7.17. The molecule has 7 nitrogen and oxygen atoms in total. The highest BCUT2D eigenvalue weighted by atomic mass is 32.1. The minimum absolute atomic E-state index is 0.00731. The van der Waals surface area contributed by atoms with Gasteiger partial charge in [-0.2, -0.15) is 0 Å². The van der Waals surface area contributed by atoms with Gasteiger partial charge >= 0.3 is 0 Å².